The van der Waals surface area contributed by atoms with Crippen LogP contribution in [0.3, 0.4) is 0 Å². The van der Waals surface area contributed by atoms with Crippen LogP contribution in [0.1, 0.15) is 43.9 Å². The van der Waals surface area contributed by atoms with Crippen LogP contribution in [0.15, 0.2) is 17.5 Å². The first-order chi connectivity index (χ1) is 7.73. The van der Waals surface area contributed by atoms with E-state index in [1.54, 1.807) is 11.3 Å². The molecule has 1 fully saturated rings. The van der Waals surface area contributed by atoms with E-state index in [0.717, 1.165) is 12.8 Å². The van der Waals surface area contributed by atoms with E-state index in [2.05, 4.69) is 16.9 Å². The van der Waals surface area contributed by atoms with Crippen LogP contribution in [0.2, 0.25) is 0 Å². The number of hydroxylamine groups is 1. The SMILES string of the molecule is CC(=O)ONC1(c2cccs2)CCCCC1. The lowest BCUT2D eigenvalue weighted by molar-refractivity contribution is -0.155. The summed E-state index contributed by atoms with van der Waals surface area (Å²) in [5, 5.41) is 2.07. The zero-order chi connectivity index (χ0) is 11.4. The molecule has 3 nitrogen and oxygen atoms in total. The van der Waals surface area contributed by atoms with Gasteiger partial charge in [-0.15, -0.1) is 16.8 Å². The van der Waals surface area contributed by atoms with Crippen LogP contribution in [0, 0.1) is 0 Å². The largest absolute Gasteiger partial charge is 0.370 e. The number of carbonyl (C=O) groups is 1. The molecule has 1 aromatic heterocycles. The van der Waals surface area contributed by atoms with Crippen LogP contribution in [0.25, 0.3) is 0 Å². The second-order valence-electron chi connectivity index (χ2n) is 4.32. The summed E-state index contributed by atoms with van der Waals surface area (Å²) >= 11 is 1.73. The molecule has 0 saturated heterocycles. The Kier molecular flexibility index (Phi) is 3.61. The van der Waals surface area contributed by atoms with Gasteiger partial charge in [0.2, 0.25) is 0 Å². The maximum atomic E-state index is 10.9. The van der Waals surface area contributed by atoms with Gasteiger partial charge in [0.25, 0.3) is 0 Å². The van der Waals surface area contributed by atoms with Crippen molar-refractivity contribution in [1.82, 2.24) is 5.48 Å². The van der Waals surface area contributed by atoms with Crippen molar-refractivity contribution in [2.75, 3.05) is 0 Å². The summed E-state index contributed by atoms with van der Waals surface area (Å²) in [7, 11) is 0. The second-order valence-corrected chi connectivity index (χ2v) is 5.26. The quantitative estimate of drug-likeness (QED) is 0.824. The highest BCUT2D eigenvalue weighted by atomic mass is 32.1. The second kappa shape index (κ2) is 4.97. The number of hydrogen-bond donors (Lipinski definition) is 1. The molecule has 0 spiro atoms. The van der Waals surface area contributed by atoms with Gasteiger partial charge in [-0.05, 0) is 24.3 Å². The van der Waals surface area contributed by atoms with Crippen LogP contribution < -0.4 is 5.48 Å². The summed E-state index contributed by atoms with van der Waals surface area (Å²) in [6.45, 7) is 1.43. The van der Waals surface area contributed by atoms with E-state index in [9.17, 15) is 4.79 Å². The lowest BCUT2D eigenvalue weighted by atomic mass is 9.81. The number of carbonyl (C=O) groups excluding carboxylic acids is 1. The van der Waals surface area contributed by atoms with Crippen molar-refractivity contribution in [1.29, 1.82) is 0 Å². The van der Waals surface area contributed by atoms with Gasteiger partial charge in [-0.1, -0.05) is 25.3 Å². The maximum Gasteiger partial charge on any atom is 0.321 e. The van der Waals surface area contributed by atoms with Crippen molar-refractivity contribution < 1.29 is 9.63 Å². The Morgan fingerprint density at radius 3 is 2.75 bits per heavy atom. The molecular weight excluding hydrogens is 222 g/mol. The first-order valence-corrected chi connectivity index (χ1v) is 6.59. The van der Waals surface area contributed by atoms with Gasteiger partial charge in [-0.3, -0.25) is 4.79 Å². The third kappa shape index (κ3) is 2.44. The number of hydrogen-bond acceptors (Lipinski definition) is 4. The Morgan fingerprint density at radius 1 is 1.44 bits per heavy atom. The molecule has 1 aliphatic rings. The third-order valence-electron chi connectivity index (χ3n) is 3.09. The minimum absolute atomic E-state index is 0.141. The van der Waals surface area contributed by atoms with Crippen molar-refractivity contribution in [3.8, 4) is 0 Å². The molecule has 1 aromatic rings. The monoisotopic (exact) mass is 239 g/mol. The Bertz CT molecular complexity index is 342. The van der Waals surface area contributed by atoms with Crippen molar-refractivity contribution >= 4 is 17.3 Å². The standard InChI is InChI=1S/C12H17NO2S/c1-10(14)15-13-12(7-3-2-4-8-12)11-6-5-9-16-11/h5-6,9,13H,2-4,7-8H2,1H3. The molecule has 1 saturated carbocycles. The van der Waals surface area contributed by atoms with Gasteiger partial charge < -0.3 is 4.84 Å². The molecule has 0 amide bonds. The van der Waals surface area contributed by atoms with E-state index in [1.165, 1.54) is 31.1 Å². The van der Waals surface area contributed by atoms with Gasteiger partial charge in [0.1, 0.15) is 0 Å². The van der Waals surface area contributed by atoms with Gasteiger partial charge >= 0.3 is 5.97 Å². The molecule has 0 aliphatic heterocycles. The van der Waals surface area contributed by atoms with E-state index < -0.39 is 0 Å². The highest BCUT2D eigenvalue weighted by Crippen LogP contribution is 2.39. The van der Waals surface area contributed by atoms with Crippen LogP contribution in [0.4, 0.5) is 0 Å². The first-order valence-electron chi connectivity index (χ1n) is 5.71. The summed E-state index contributed by atoms with van der Waals surface area (Å²) in [5.74, 6) is -0.276. The Labute approximate surface area is 99.8 Å². The molecule has 0 atom stereocenters. The van der Waals surface area contributed by atoms with Gasteiger partial charge in [0.15, 0.2) is 0 Å². The molecule has 0 radical (unpaired) electrons. The van der Waals surface area contributed by atoms with Crippen LogP contribution in [-0.4, -0.2) is 5.97 Å². The van der Waals surface area contributed by atoms with Crippen molar-refractivity contribution in [2.24, 2.45) is 0 Å². The van der Waals surface area contributed by atoms with Gasteiger partial charge in [0.05, 0.1) is 5.54 Å². The smallest absolute Gasteiger partial charge is 0.321 e. The molecule has 0 aromatic carbocycles. The minimum atomic E-state index is -0.276. The molecule has 1 aliphatic carbocycles. The Hall–Kier alpha value is -0.870. The van der Waals surface area contributed by atoms with Crippen molar-refractivity contribution in [3.63, 3.8) is 0 Å². The van der Waals surface area contributed by atoms with Crippen LogP contribution >= 0.6 is 11.3 Å². The van der Waals surface area contributed by atoms with E-state index >= 15 is 0 Å². The Balaban J connectivity index is 2.15. The van der Waals surface area contributed by atoms with Gasteiger partial charge in [-0.2, -0.15) is 0 Å². The normalized spacial score (nSPS) is 19.3. The number of nitrogens with one attached hydrogen (secondary N) is 1. The average molecular weight is 239 g/mol. The maximum absolute atomic E-state index is 10.9. The summed E-state index contributed by atoms with van der Waals surface area (Å²) in [6, 6.07) is 4.16. The van der Waals surface area contributed by atoms with E-state index in [0.29, 0.717) is 0 Å². The molecule has 1 N–H and O–H groups in total. The van der Waals surface area contributed by atoms with Gasteiger partial charge in [-0.25, -0.2) is 0 Å². The zero-order valence-electron chi connectivity index (χ0n) is 9.49. The Morgan fingerprint density at radius 2 is 2.19 bits per heavy atom. The lowest BCUT2D eigenvalue weighted by Crippen LogP contribution is -2.44. The fourth-order valence-corrected chi connectivity index (χ4v) is 3.21. The molecular formula is C12H17NO2S. The van der Waals surface area contributed by atoms with E-state index in [-0.39, 0.29) is 11.5 Å². The summed E-state index contributed by atoms with van der Waals surface area (Å²) in [4.78, 5) is 17.2. The number of thiophene rings is 1. The van der Waals surface area contributed by atoms with E-state index in [1.807, 2.05) is 6.07 Å². The number of rotatable bonds is 3. The lowest BCUT2D eigenvalue weighted by Gasteiger charge is -2.36. The molecule has 16 heavy (non-hydrogen) atoms. The van der Waals surface area contributed by atoms with Crippen LogP contribution in [0.5, 0.6) is 0 Å². The van der Waals surface area contributed by atoms with Crippen LogP contribution in [-0.2, 0) is 15.2 Å². The predicted octanol–water partition coefficient (Wildman–Crippen LogP) is 2.98. The average Bonchev–Trinajstić information content (AvgIpc) is 2.82. The molecule has 88 valence electrons. The van der Waals surface area contributed by atoms with Crippen molar-refractivity contribution in [3.05, 3.63) is 22.4 Å². The topological polar surface area (TPSA) is 38.3 Å². The summed E-state index contributed by atoms with van der Waals surface area (Å²) < 4.78 is 0. The predicted molar refractivity (Wildman–Crippen MR) is 64.0 cm³/mol. The third-order valence-corrected chi connectivity index (χ3v) is 4.16. The fraction of sp³-hybridized carbons (Fsp3) is 0.583. The molecule has 4 heteroatoms. The molecule has 0 bridgehead atoms. The summed E-state index contributed by atoms with van der Waals surface area (Å²) in [5.41, 5.74) is 2.86. The molecule has 0 unspecified atom stereocenters. The fourth-order valence-electron chi connectivity index (χ4n) is 2.27. The zero-order valence-corrected chi connectivity index (χ0v) is 10.3. The van der Waals surface area contributed by atoms with E-state index in [4.69, 9.17) is 4.84 Å². The highest BCUT2D eigenvalue weighted by Gasteiger charge is 2.35. The molecule has 1 heterocycles. The summed E-state index contributed by atoms with van der Waals surface area (Å²) in [6.07, 6.45) is 5.73. The van der Waals surface area contributed by atoms with Crippen molar-refractivity contribution in [2.45, 2.75) is 44.6 Å². The highest BCUT2D eigenvalue weighted by molar-refractivity contribution is 7.10. The minimum Gasteiger partial charge on any atom is -0.370 e. The first kappa shape index (κ1) is 11.6. The van der Waals surface area contributed by atoms with Gasteiger partial charge in [0, 0.05) is 11.8 Å². The molecule has 2 rings (SSSR count).